The Labute approximate surface area is 182 Å². The molecular weight excluding hydrogens is 410 g/mol. The maximum atomic E-state index is 11.7. The summed E-state index contributed by atoms with van der Waals surface area (Å²) in [5, 5.41) is 5.25. The van der Waals surface area contributed by atoms with E-state index in [1.165, 1.54) is 12.2 Å². The third-order valence-corrected chi connectivity index (χ3v) is 3.69. The number of amides is 4. The molecule has 176 valence electrons. The molecule has 0 aromatic carbocycles. The van der Waals surface area contributed by atoms with Crippen molar-refractivity contribution in [2.75, 3.05) is 59.3 Å². The summed E-state index contributed by atoms with van der Waals surface area (Å²) in [6, 6.07) is 0. The van der Waals surface area contributed by atoms with E-state index in [0.29, 0.717) is 52.7 Å². The van der Waals surface area contributed by atoms with Crippen LogP contribution in [-0.4, -0.2) is 93.6 Å². The standard InChI is InChI=1S/C20H33N3O8/c1-20(2,3)31-19(27)22-8-11-29-13-15-30-14-12-28-10-7-21-16(24)6-9-23-17(25)4-5-18(23)26/h4-5H,6-15H2,1-3H3,(H,21,24)(H,22,27). The van der Waals surface area contributed by atoms with Gasteiger partial charge >= 0.3 is 6.09 Å². The minimum absolute atomic E-state index is 0.0512. The monoisotopic (exact) mass is 443 g/mol. The molecule has 31 heavy (non-hydrogen) atoms. The Balaban J connectivity index is 1.83. The van der Waals surface area contributed by atoms with Gasteiger partial charge in [-0.3, -0.25) is 19.3 Å². The maximum absolute atomic E-state index is 11.7. The lowest BCUT2D eigenvalue weighted by Crippen LogP contribution is -2.35. The molecular formula is C20H33N3O8. The van der Waals surface area contributed by atoms with Crippen molar-refractivity contribution in [3.8, 4) is 0 Å². The van der Waals surface area contributed by atoms with Gasteiger partial charge in [-0.15, -0.1) is 0 Å². The van der Waals surface area contributed by atoms with Crippen molar-refractivity contribution in [1.29, 1.82) is 0 Å². The van der Waals surface area contributed by atoms with Crippen molar-refractivity contribution < 1.29 is 38.1 Å². The number of alkyl carbamates (subject to hydrolysis) is 1. The molecule has 0 unspecified atom stereocenters. The van der Waals surface area contributed by atoms with E-state index in [4.69, 9.17) is 18.9 Å². The lowest BCUT2D eigenvalue weighted by atomic mass is 10.2. The molecule has 0 atom stereocenters. The van der Waals surface area contributed by atoms with Gasteiger partial charge < -0.3 is 29.6 Å². The zero-order valence-electron chi connectivity index (χ0n) is 18.4. The zero-order valence-corrected chi connectivity index (χ0v) is 18.4. The predicted octanol–water partition coefficient (Wildman–Crippen LogP) is -0.00780. The topological polar surface area (TPSA) is 132 Å². The summed E-state index contributed by atoms with van der Waals surface area (Å²) >= 11 is 0. The van der Waals surface area contributed by atoms with Gasteiger partial charge in [0.1, 0.15) is 5.60 Å². The second kappa shape index (κ2) is 14.5. The largest absolute Gasteiger partial charge is 0.444 e. The van der Waals surface area contributed by atoms with Crippen molar-refractivity contribution in [1.82, 2.24) is 15.5 Å². The van der Waals surface area contributed by atoms with Gasteiger partial charge in [0.15, 0.2) is 0 Å². The Hall–Kier alpha value is -2.50. The van der Waals surface area contributed by atoms with E-state index < -0.39 is 23.5 Å². The van der Waals surface area contributed by atoms with E-state index in [9.17, 15) is 19.2 Å². The number of hydrogen-bond donors (Lipinski definition) is 2. The highest BCUT2D eigenvalue weighted by molar-refractivity contribution is 6.13. The molecule has 0 aromatic rings. The summed E-state index contributed by atoms with van der Waals surface area (Å²) < 4.78 is 21.1. The quantitative estimate of drug-likeness (QED) is 0.267. The first-order chi connectivity index (χ1) is 14.7. The molecule has 11 heteroatoms. The summed E-state index contributed by atoms with van der Waals surface area (Å²) in [5.74, 6) is -1.06. The van der Waals surface area contributed by atoms with Crippen molar-refractivity contribution >= 4 is 23.8 Å². The van der Waals surface area contributed by atoms with E-state index in [1.807, 2.05) is 0 Å². The van der Waals surface area contributed by atoms with E-state index in [1.54, 1.807) is 20.8 Å². The van der Waals surface area contributed by atoms with Gasteiger partial charge in [0.05, 0.1) is 39.6 Å². The smallest absolute Gasteiger partial charge is 0.407 e. The third kappa shape index (κ3) is 13.4. The molecule has 0 saturated heterocycles. The Bertz CT molecular complexity index is 612. The highest BCUT2D eigenvalue weighted by atomic mass is 16.6. The van der Waals surface area contributed by atoms with Crippen LogP contribution in [0.3, 0.4) is 0 Å². The minimum Gasteiger partial charge on any atom is -0.444 e. The molecule has 1 heterocycles. The molecule has 0 bridgehead atoms. The van der Waals surface area contributed by atoms with Crippen molar-refractivity contribution in [2.24, 2.45) is 0 Å². The molecule has 0 radical (unpaired) electrons. The summed E-state index contributed by atoms with van der Waals surface area (Å²) in [7, 11) is 0. The first-order valence-corrected chi connectivity index (χ1v) is 10.2. The van der Waals surface area contributed by atoms with Crippen molar-refractivity contribution in [2.45, 2.75) is 32.8 Å². The van der Waals surface area contributed by atoms with E-state index in [2.05, 4.69) is 10.6 Å². The van der Waals surface area contributed by atoms with Crippen LogP contribution in [0.1, 0.15) is 27.2 Å². The summed E-state index contributed by atoms with van der Waals surface area (Å²) in [6.07, 6.45) is 1.95. The third-order valence-electron chi connectivity index (χ3n) is 3.69. The number of carbonyl (C=O) groups excluding carboxylic acids is 4. The van der Waals surface area contributed by atoms with Crippen LogP contribution in [0.2, 0.25) is 0 Å². The van der Waals surface area contributed by atoms with Crippen molar-refractivity contribution in [3.63, 3.8) is 0 Å². The Kier molecular flexibility index (Phi) is 12.4. The number of nitrogens with one attached hydrogen (secondary N) is 2. The van der Waals surface area contributed by atoms with Gasteiger partial charge in [0, 0.05) is 38.2 Å². The second-order valence-corrected chi connectivity index (χ2v) is 7.53. The predicted molar refractivity (Wildman–Crippen MR) is 110 cm³/mol. The van der Waals surface area contributed by atoms with E-state index in [0.717, 1.165) is 4.90 Å². The molecule has 1 aliphatic rings. The van der Waals surface area contributed by atoms with E-state index in [-0.39, 0.29) is 18.9 Å². The SMILES string of the molecule is CC(C)(C)OC(=O)NCCOCCOCCOCCNC(=O)CCN1C(=O)C=CC1=O. The minimum atomic E-state index is -0.527. The molecule has 1 aliphatic heterocycles. The van der Waals surface area contributed by atoms with Crippen LogP contribution in [0.5, 0.6) is 0 Å². The van der Waals surface area contributed by atoms with Gasteiger partial charge in [0.2, 0.25) is 5.91 Å². The molecule has 0 aliphatic carbocycles. The van der Waals surface area contributed by atoms with Crippen LogP contribution in [-0.2, 0) is 33.3 Å². The van der Waals surface area contributed by atoms with Crippen LogP contribution in [0.25, 0.3) is 0 Å². The van der Waals surface area contributed by atoms with Gasteiger partial charge in [-0.2, -0.15) is 0 Å². The lowest BCUT2D eigenvalue weighted by Gasteiger charge is -2.19. The van der Waals surface area contributed by atoms with Gasteiger partial charge in [-0.25, -0.2) is 4.79 Å². The Morgan fingerprint density at radius 2 is 1.32 bits per heavy atom. The summed E-state index contributed by atoms with van der Waals surface area (Å²) in [4.78, 5) is 46.8. The fourth-order valence-electron chi connectivity index (χ4n) is 2.30. The molecule has 1 rings (SSSR count). The average Bonchev–Trinajstić information content (AvgIpc) is 3.00. The number of rotatable bonds is 15. The van der Waals surface area contributed by atoms with Crippen LogP contribution < -0.4 is 10.6 Å². The lowest BCUT2D eigenvalue weighted by molar-refractivity contribution is -0.137. The number of imide groups is 1. The first kappa shape index (κ1) is 26.5. The molecule has 0 aromatic heterocycles. The second-order valence-electron chi connectivity index (χ2n) is 7.53. The van der Waals surface area contributed by atoms with Gasteiger partial charge in [0.25, 0.3) is 11.8 Å². The van der Waals surface area contributed by atoms with Gasteiger partial charge in [-0.1, -0.05) is 0 Å². The summed E-state index contributed by atoms with van der Waals surface area (Å²) in [6.45, 7) is 8.36. The molecule has 2 N–H and O–H groups in total. The highest BCUT2D eigenvalue weighted by Gasteiger charge is 2.23. The fraction of sp³-hybridized carbons (Fsp3) is 0.700. The normalized spacial score (nSPS) is 13.6. The molecule has 0 spiro atoms. The van der Waals surface area contributed by atoms with Crippen LogP contribution in [0, 0.1) is 0 Å². The number of carbonyl (C=O) groups is 4. The maximum Gasteiger partial charge on any atom is 0.407 e. The fourth-order valence-corrected chi connectivity index (χ4v) is 2.30. The number of nitrogens with zero attached hydrogens (tertiary/aromatic N) is 1. The Morgan fingerprint density at radius 3 is 1.84 bits per heavy atom. The molecule has 0 fully saturated rings. The van der Waals surface area contributed by atoms with E-state index >= 15 is 0 Å². The van der Waals surface area contributed by atoms with Crippen LogP contribution in [0.4, 0.5) is 4.79 Å². The van der Waals surface area contributed by atoms with Crippen LogP contribution >= 0.6 is 0 Å². The average molecular weight is 443 g/mol. The number of ether oxygens (including phenoxy) is 4. The van der Waals surface area contributed by atoms with Crippen molar-refractivity contribution in [3.05, 3.63) is 12.2 Å². The molecule has 4 amide bonds. The zero-order chi connectivity index (χ0) is 23.1. The number of hydrogen-bond acceptors (Lipinski definition) is 8. The summed E-state index contributed by atoms with van der Waals surface area (Å²) in [5.41, 5.74) is -0.527. The van der Waals surface area contributed by atoms with Gasteiger partial charge in [-0.05, 0) is 20.8 Å². The molecule has 11 nitrogen and oxygen atoms in total. The van der Waals surface area contributed by atoms with Crippen LogP contribution in [0.15, 0.2) is 12.2 Å². The highest BCUT2D eigenvalue weighted by Crippen LogP contribution is 2.06. The Morgan fingerprint density at radius 1 is 0.839 bits per heavy atom. The molecule has 0 saturated carbocycles. The first-order valence-electron chi connectivity index (χ1n) is 10.2.